The first-order chi connectivity index (χ1) is 17.4. The third kappa shape index (κ3) is 4.28. The number of carbonyl (C=O) groups excluding carboxylic acids is 2. The standard InChI is InChI=1S/C22H21N7O5S2/c1-2-34-26-15(14-10-36-22(23)24-14)18(30)25-16-19(31)29-17(21(32)33)12(9-35-20(16)29)7-27-8-13-5-3-4-6-28(13)11-27/h3-6,8,10-11,16,20H,2,7,9H2,1H3,(H3-,23,24,25,30,32,33)/p+1/b26-15-/t16-,20-/m1/s1. The molecule has 0 spiro atoms. The van der Waals surface area contributed by atoms with Gasteiger partial charge in [0.25, 0.3) is 11.8 Å². The lowest BCUT2D eigenvalue weighted by molar-refractivity contribution is -0.687. The number of oxime groups is 1. The average molecular weight is 529 g/mol. The number of fused-ring (bicyclic) bond motifs is 2. The lowest BCUT2D eigenvalue weighted by Crippen LogP contribution is -2.71. The maximum atomic E-state index is 13.0. The Kier molecular flexibility index (Phi) is 6.36. The number of carboxylic acid groups (broad SMARTS) is 1. The summed E-state index contributed by atoms with van der Waals surface area (Å²) >= 11 is 2.54. The van der Waals surface area contributed by atoms with Crippen molar-refractivity contribution in [1.29, 1.82) is 0 Å². The number of nitrogens with zero attached hydrogens (tertiary/aromatic N) is 5. The van der Waals surface area contributed by atoms with E-state index in [1.807, 2.05) is 45.9 Å². The monoisotopic (exact) mass is 528 g/mol. The van der Waals surface area contributed by atoms with Crippen LogP contribution in [0.2, 0.25) is 0 Å². The van der Waals surface area contributed by atoms with Crippen molar-refractivity contribution in [3.05, 3.63) is 59.3 Å². The van der Waals surface area contributed by atoms with Crippen LogP contribution >= 0.6 is 23.1 Å². The van der Waals surface area contributed by atoms with E-state index in [9.17, 15) is 19.5 Å². The Morgan fingerprint density at radius 3 is 2.94 bits per heavy atom. The third-order valence-corrected chi connectivity index (χ3v) is 7.68. The van der Waals surface area contributed by atoms with Gasteiger partial charge >= 0.3 is 5.97 Å². The van der Waals surface area contributed by atoms with E-state index in [0.29, 0.717) is 17.9 Å². The first kappa shape index (κ1) is 23.8. The molecule has 0 saturated carbocycles. The molecule has 0 radical (unpaired) electrons. The van der Waals surface area contributed by atoms with Crippen molar-refractivity contribution in [2.45, 2.75) is 24.9 Å². The minimum absolute atomic E-state index is 0.0486. The Morgan fingerprint density at radius 1 is 1.42 bits per heavy atom. The lowest BCUT2D eigenvalue weighted by atomic mass is 10.0. The van der Waals surface area contributed by atoms with E-state index in [1.54, 1.807) is 12.3 Å². The van der Waals surface area contributed by atoms with Crippen LogP contribution in [0.3, 0.4) is 0 Å². The van der Waals surface area contributed by atoms with Gasteiger partial charge in [0.1, 0.15) is 42.2 Å². The number of thiazole rings is 1. The predicted octanol–water partition coefficient (Wildman–Crippen LogP) is 0.445. The van der Waals surface area contributed by atoms with Gasteiger partial charge in [-0.05, 0) is 19.1 Å². The van der Waals surface area contributed by atoms with Crippen molar-refractivity contribution in [3.63, 3.8) is 0 Å². The zero-order valence-corrected chi connectivity index (χ0v) is 20.7. The molecule has 1 saturated heterocycles. The number of nitrogens with one attached hydrogen (secondary N) is 1. The number of imidazole rings is 1. The fourth-order valence-corrected chi connectivity index (χ4v) is 5.98. The van der Waals surface area contributed by atoms with Gasteiger partial charge in [0, 0.05) is 16.7 Å². The number of β-lactam (4-membered cyclic amide) rings is 1. The average Bonchev–Trinajstić information content (AvgIpc) is 3.47. The van der Waals surface area contributed by atoms with Crippen molar-refractivity contribution in [3.8, 4) is 0 Å². The molecule has 14 heteroatoms. The number of hydrogen-bond donors (Lipinski definition) is 3. The summed E-state index contributed by atoms with van der Waals surface area (Å²) in [7, 11) is 0. The Hall–Kier alpha value is -3.91. The molecular formula is C22H22N7O5S2+. The molecule has 0 aliphatic carbocycles. The number of carboxylic acids is 1. The Bertz CT molecular complexity index is 1400. The molecule has 5 rings (SSSR count). The van der Waals surface area contributed by atoms with Gasteiger partial charge in [0.05, 0.1) is 6.20 Å². The first-order valence-electron chi connectivity index (χ1n) is 10.9. The highest BCUT2D eigenvalue weighted by Gasteiger charge is 2.54. The molecule has 2 amide bonds. The molecule has 5 heterocycles. The highest BCUT2D eigenvalue weighted by molar-refractivity contribution is 8.00. The molecule has 4 N–H and O–H groups in total. The van der Waals surface area contributed by atoms with E-state index in [1.165, 1.54) is 16.7 Å². The highest BCUT2D eigenvalue weighted by Crippen LogP contribution is 2.40. The summed E-state index contributed by atoms with van der Waals surface area (Å²) < 4.78 is 3.81. The van der Waals surface area contributed by atoms with Gasteiger partial charge in [0.15, 0.2) is 16.4 Å². The Balaban J connectivity index is 1.35. The minimum Gasteiger partial charge on any atom is -0.477 e. The number of rotatable bonds is 8. The number of aliphatic carboxylic acids is 1. The second-order valence-corrected chi connectivity index (χ2v) is 9.99. The SMILES string of the molecule is CCO/N=C(\C(=O)N[C@@H]1C(=O)N2C(C(=O)O)=C(C[n+]3cc4ccccn4c3)CS[C@H]12)c1csc(N)n1. The van der Waals surface area contributed by atoms with E-state index in [2.05, 4.69) is 15.5 Å². The van der Waals surface area contributed by atoms with E-state index >= 15 is 0 Å². The van der Waals surface area contributed by atoms with E-state index in [0.717, 1.165) is 16.9 Å². The number of nitrogen functional groups attached to an aromatic ring is 1. The highest BCUT2D eigenvalue weighted by atomic mass is 32.2. The van der Waals surface area contributed by atoms with Crippen LogP contribution in [0.5, 0.6) is 0 Å². The summed E-state index contributed by atoms with van der Waals surface area (Å²) in [5, 5.41) is 17.7. The number of nitrogens with two attached hydrogens (primary N) is 1. The maximum absolute atomic E-state index is 13.0. The van der Waals surface area contributed by atoms with Gasteiger partial charge in [-0.2, -0.15) is 0 Å². The minimum atomic E-state index is -1.19. The smallest absolute Gasteiger partial charge is 0.352 e. The second-order valence-electron chi connectivity index (χ2n) is 8.00. The van der Waals surface area contributed by atoms with Crippen LogP contribution in [-0.2, 0) is 25.8 Å². The molecule has 0 unspecified atom stereocenters. The predicted molar refractivity (Wildman–Crippen MR) is 132 cm³/mol. The van der Waals surface area contributed by atoms with Crippen molar-refractivity contribution in [2.75, 3.05) is 18.1 Å². The van der Waals surface area contributed by atoms with Gasteiger partial charge < -0.3 is 21.0 Å². The molecule has 3 aromatic heterocycles. The number of amides is 2. The van der Waals surface area contributed by atoms with E-state index in [-0.39, 0.29) is 28.8 Å². The molecule has 2 aliphatic rings. The molecule has 2 atom stereocenters. The number of thioether (sulfide) groups is 1. The molecule has 1 fully saturated rings. The lowest BCUT2D eigenvalue weighted by Gasteiger charge is -2.49. The summed E-state index contributed by atoms with van der Waals surface area (Å²) in [6.45, 7) is 2.27. The van der Waals surface area contributed by atoms with Crippen molar-refractivity contribution >= 4 is 57.2 Å². The summed E-state index contributed by atoms with van der Waals surface area (Å²) in [5.74, 6) is -1.95. The molecule has 186 valence electrons. The number of anilines is 1. The van der Waals surface area contributed by atoms with Crippen LogP contribution < -0.4 is 15.6 Å². The summed E-state index contributed by atoms with van der Waals surface area (Å²) in [6, 6.07) is 4.86. The number of pyridine rings is 1. The van der Waals surface area contributed by atoms with Crippen LogP contribution in [0.1, 0.15) is 12.6 Å². The quantitative estimate of drug-likeness (QED) is 0.165. The largest absolute Gasteiger partial charge is 0.477 e. The zero-order valence-electron chi connectivity index (χ0n) is 19.0. The Labute approximate surface area is 213 Å². The van der Waals surface area contributed by atoms with Crippen molar-refractivity contribution in [2.24, 2.45) is 5.16 Å². The summed E-state index contributed by atoms with van der Waals surface area (Å²) in [5.41, 5.74) is 7.33. The first-order valence-corrected chi connectivity index (χ1v) is 12.9. The van der Waals surface area contributed by atoms with Gasteiger partial charge in [-0.15, -0.1) is 23.1 Å². The van der Waals surface area contributed by atoms with Crippen molar-refractivity contribution in [1.82, 2.24) is 19.6 Å². The van der Waals surface area contributed by atoms with Gasteiger partial charge in [-0.25, -0.2) is 18.7 Å². The topological polar surface area (TPSA) is 156 Å². The van der Waals surface area contributed by atoms with Crippen LogP contribution in [0.25, 0.3) is 5.52 Å². The molecule has 2 aliphatic heterocycles. The summed E-state index contributed by atoms with van der Waals surface area (Å²) in [6.07, 6.45) is 5.68. The van der Waals surface area contributed by atoms with E-state index in [4.69, 9.17) is 10.6 Å². The molecule has 12 nitrogen and oxygen atoms in total. The fourth-order valence-electron chi connectivity index (χ4n) is 4.10. The van der Waals surface area contributed by atoms with Gasteiger partial charge in [0.2, 0.25) is 6.33 Å². The third-order valence-electron chi connectivity index (χ3n) is 5.67. The number of aromatic nitrogens is 3. The molecule has 0 aromatic carbocycles. The van der Waals surface area contributed by atoms with Gasteiger partial charge in [-0.1, -0.05) is 11.2 Å². The van der Waals surface area contributed by atoms with E-state index < -0.39 is 29.2 Å². The van der Waals surface area contributed by atoms with Crippen LogP contribution in [-0.4, -0.2) is 66.7 Å². The van der Waals surface area contributed by atoms with Crippen LogP contribution in [0.15, 0.2) is 58.7 Å². The maximum Gasteiger partial charge on any atom is 0.352 e. The van der Waals surface area contributed by atoms with Crippen LogP contribution in [0.4, 0.5) is 5.13 Å². The van der Waals surface area contributed by atoms with Crippen LogP contribution in [0, 0.1) is 0 Å². The Morgan fingerprint density at radius 2 is 2.25 bits per heavy atom. The van der Waals surface area contributed by atoms with Gasteiger partial charge in [-0.3, -0.25) is 14.5 Å². The fraction of sp³-hybridized carbons (Fsp3) is 0.273. The molecule has 3 aromatic rings. The second kappa shape index (κ2) is 9.62. The number of carbonyl (C=O) groups is 3. The number of hydrogen-bond acceptors (Lipinski definition) is 9. The normalized spacial score (nSPS) is 19.8. The van der Waals surface area contributed by atoms with Crippen molar-refractivity contribution < 1.29 is 28.9 Å². The molecular weight excluding hydrogens is 506 g/mol. The summed E-state index contributed by atoms with van der Waals surface area (Å²) in [4.78, 5) is 48.6. The molecule has 0 bridgehead atoms. The zero-order chi connectivity index (χ0) is 25.4. The molecule has 36 heavy (non-hydrogen) atoms.